The number of likely N-dealkylation sites (tertiary alicyclic amines) is 1. The number of amides is 1. The minimum atomic E-state index is -4.49. The molecular weight excluding hydrogens is 227 g/mol. The molecule has 1 rings (SSSR count). The molecule has 0 radical (unpaired) electrons. The summed E-state index contributed by atoms with van der Waals surface area (Å²) in [5, 5.41) is 8.68. The van der Waals surface area contributed by atoms with Gasteiger partial charge >= 0.3 is 12.3 Å². The fourth-order valence-corrected chi connectivity index (χ4v) is 1.65. The Morgan fingerprint density at radius 1 is 1.50 bits per heavy atom. The number of hydrogen-bond acceptors (Lipinski definition) is 3. The Morgan fingerprint density at radius 2 is 2.19 bits per heavy atom. The standard InChI is InChI=1S/C9H14F3NO3/c10-9(11,12)6-16-8(15)13-3-1-7(5-13)2-4-14/h7,14H,1-6H2. The Hall–Kier alpha value is -0.980. The molecule has 1 fully saturated rings. The molecule has 0 aromatic rings. The maximum absolute atomic E-state index is 11.8. The van der Waals surface area contributed by atoms with Gasteiger partial charge in [-0.3, -0.25) is 0 Å². The van der Waals surface area contributed by atoms with Crippen LogP contribution in [0.25, 0.3) is 0 Å². The van der Waals surface area contributed by atoms with Gasteiger partial charge in [0.1, 0.15) is 0 Å². The summed E-state index contributed by atoms with van der Waals surface area (Å²) in [6, 6.07) is 0. The van der Waals surface area contributed by atoms with E-state index < -0.39 is 18.9 Å². The van der Waals surface area contributed by atoms with Crippen LogP contribution in [0.3, 0.4) is 0 Å². The first-order chi connectivity index (χ1) is 7.42. The van der Waals surface area contributed by atoms with Gasteiger partial charge in [0.2, 0.25) is 0 Å². The molecule has 7 heteroatoms. The van der Waals surface area contributed by atoms with E-state index in [0.29, 0.717) is 25.9 Å². The monoisotopic (exact) mass is 241 g/mol. The Labute approximate surface area is 91.0 Å². The first-order valence-corrected chi connectivity index (χ1v) is 5.01. The number of nitrogens with zero attached hydrogens (tertiary/aromatic N) is 1. The summed E-state index contributed by atoms with van der Waals surface area (Å²) >= 11 is 0. The van der Waals surface area contributed by atoms with E-state index in [9.17, 15) is 18.0 Å². The van der Waals surface area contributed by atoms with Gasteiger partial charge in [0.25, 0.3) is 0 Å². The van der Waals surface area contributed by atoms with Crippen molar-refractivity contribution < 1.29 is 27.8 Å². The SMILES string of the molecule is O=C(OCC(F)(F)F)N1CCC(CCO)C1. The summed E-state index contributed by atoms with van der Waals surface area (Å²) in [6.07, 6.45) is -4.16. The van der Waals surface area contributed by atoms with Gasteiger partial charge < -0.3 is 14.7 Å². The highest BCUT2D eigenvalue weighted by Gasteiger charge is 2.32. The largest absolute Gasteiger partial charge is 0.440 e. The topological polar surface area (TPSA) is 49.8 Å². The van der Waals surface area contributed by atoms with Crippen molar-refractivity contribution in [2.75, 3.05) is 26.3 Å². The van der Waals surface area contributed by atoms with E-state index in [2.05, 4.69) is 4.74 Å². The van der Waals surface area contributed by atoms with Crippen molar-refractivity contribution in [2.45, 2.75) is 19.0 Å². The van der Waals surface area contributed by atoms with Gasteiger partial charge in [0.15, 0.2) is 6.61 Å². The number of ether oxygens (including phenoxy) is 1. The van der Waals surface area contributed by atoms with Crippen LogP contribution in [-0.4, -0.2) is 48.6 Å². The number of hydrogen-bond donors (Lipinski definition) is 1. The maximum Gasteiger partial charge on any atom is 0.422 e. The van der Waals surface area contributed by atoms with E-state index in [4.69, 9.17) is 5.11 Å². The summed E-state index contributed by atoms with van der Waals surface area (Å²) in [7, 11) is 0. The quantitative estimate of drug-likeness (QED) is 0.812. The molecule has 0 bridgehead atoms. The van der Waals surface area contributed by atoms with Gasteiger partial charge in [-0.1, -0.05) is 0 Å². The molecule has 0 aromatic carbocycles. The summed E-state index contributed by atoms with van der Waals surface area (Å²) in [5.41, 5.74) is 0. The molecule has 0 spiro atoms. The Balaban J connectivity index is 2.28. The third-order valence-corrected chi connectivity index (χ3v) is 2.44. The molecule has 94 valence electrons. The second kappa shape index (κ2) is 5.38. The van der Waals surface area contributed by atoms with Crippen LogP contribution in [0.2, 0.25) is 0 Å². The summed E-state index contributed by atoms with van der Waals surface area (Å²) in [6.45, 7) is -0.776. The minimum absolute atomic E-state index is 0.0239. The molecule has 1 unspecified atom stereocenters. The molecule has 1 N–H and O–H groups in total. The number of carbonyl (C=O) groups is 1. The van der Waals surface area contributed by atoms with Crippen molar-refractivity contribution in [1.82, 2.24) is 4.90 Å². The van der Waals surface area contributed by atoms with E-state index in [1.165, 1.54) is 4.90 Å². The Morgan fingerprint density at radius 3 is 2.75 bits per heavy atom. The molecule has 0 saturated carbocycles. The molecule has 1 heterocycles. The van der Waals surface area contributed by atoms with Gasteiger partial charge in [-0.05, 0) is 18.8 Å². The number of alkyl halides is 3. The lowest BCUT2D eigenvalue weighted by molar-refractivity contribution is -0.162. The molecule has 0 aliphatic carbocycles. The van der Waals surface area contributed by atoms with Crippen molar-refractivity contribution in [3.8, 4) is 0 Å². The van der Waals surface area contributed by atoms with Crippen LogP contribution in [0, 0.1) is 5.92 Å². The van der Waals surface area contributed by atoms with Gasteiger partial charge in [0, 0.05) is 19.7 Å². The highest BCUT2D eigenvalue weighted by molar-refractivity contribution is 5.67. The number of carbonyl (C=O) groups excluding carboxylic acids is 1. The van der Waals surface area contributed by atoms with Crippen molar-refractivity contribution in [3.63, 3.8) is 0 Å². The molecule has 16 heavy (non-hydrogen) atoms. The zero-order chi connectivity index (χ0) is 12.2. The van der Waals surface area contributed by atoms with Crippen LogP contribution in [-0.2, 0) is 4.74 Å². The number of aliphatic hydroxyl groups excluding tert-OH is 1. The highest BCUT2D eigenvalue weighted by atomic mass is 19.4. The molecule has 1 aliphatic rings. The Kier molecular flexibility index (Phi) is 4.40. The molecule has 1 atom stereocenters. The lowest BCUT2D eigenvalue weighted by Crippen LogP contribution is -2.32. The van der Waals surface area contributed by atoms with Crippen LogP contribution in [0.15, 0.2) is 0 Å². The van der Waals surface area contributed by atoms with Crippen molar-refractivity contribution in [3.05, 3.63) is 0 Å². The van der Waals surface area contributed by atoms with Gasteiger partial charge in [0.05, 0.1) is 0 Å². The van der Waals surface area contributed by atoms with E-state index >= 15 is 0 Å². The predicted octanol–water partition coefficient (Wildman–Crippen LogP) is 1.39. The van der Waals surface area contributed by atoms with Crippen LogP contribution < -0.4 is 0 Å². The van der Waals surface area contributed by atoms with Crippen molar-refractivity contribution in [2.24, 2.45) is 5.92 Å². The van der Waals surface area contributed by atoms with Crippen LogP contribution in [0.5, 0.6) is 0 Å². The van der Waals surface area contributed by atoms with Crippen LogP contribution >= 0.6 is 0 Å². The molecule has 1 saturated heterocycles. The van der Waals surface area contributed by atoms with Gasteiger partial charge in [-0.25, -0.2) is 4.79 Å². The third kappa shape index (κ3) is 4.26. The molecule has 4 nitrogen and oxygen atoms in total. The Bertz CT molecular complexity index is 245. The summed E-state index contributed by atoms with van der Waals surface area (Å²) in [4.78, 5) is 12.4. The van der Waals surface area contributed by atoms with Crippen molar-refractivity contribution >= 4 is 6.09 Å². The first kappa shape index (κ1) is 13.1. The zero-order valence-electron chi connectivity index (χ0n) is 8.66. The first-order valence-electron chi connectivity index (χ1n) is 5.01. The normalized spacial score (nSPS) is 21.2. The average Bonchev–Trinajstić information content (AvgIpc) is 2.62. The molecular formula is C9H14F3NO3. The third-order valence-electron chi connectivity index (χ3n) is 2.44. The summed E-state index contributed by atoms with van der Waals surface area (Å²) < 4.78 is 39.4. The predicted molar refractivity (Wildman–Crippen MR) is 48.8 cm³/mol. The second-order valence-corrected chi connectivity index (χ2v) is 3.78. The van der Waals surface area contributed by atoms with Crippen LogP contribution in [0.1, 0.15) is 12.8 Å². The van der Waals surface area contributed by atoms with Crippen LogP contribution in [0.4, 0.5) is 18.0 Å². The smallest absolute Gasteiger partial charge is 0.422 e. The lowest BCUT2D eigenvalue weighted by atomic mass is 10.1. The van der Waals surface area contributed by atoms with Crippen molar-refractivity contribution in [1.29, 1.82) is 0 Å². The number of rotatable bonds is 3. The fraction of sp³-hybridized carbons (Fsp3) is 0.889. The fourth-order valence-electron chi connectivity index (χ4n) is 1.65. The van der Waals surface area contributed by atoms with E-state index in [-0.39, 0.29) is 12.5 Å². The molecule has 0 aromatic heterocycles. The minimum Gasteiger partial charge on any atom is -0.440 e. The highest BCUT2D eigenvalue weighted by Crippen LogP contribution is 2.21. The summed E-state index contributed by atoms with van der Waals surface area (Å²) in [5.74, 6) is 0.156. The van der Waals surface area contributed by atoms with E-state index in [1.807, 2.05) is 0 Å². The van der Waals surface area contributed by atoms with E-state index in [1.54, 1.807) is 0 Å². The lowest BCUT2D eigenvalue weighted by Gasteiger charge is -2.16. The van der Waals surface area contributed by atoms with Gasteiger partial charge in [-0.2, -0.15) is 13.2 Å². The zero-order valence-corrected chi connectivity index (χ0v) is 8.66. The van der Waals surface area contributed by atoms with E-state index in [0.717, 1.165) is 0 Å². The average molecular weight is 241 g/mol. The maximum atomic E-state index is 11.8. The second-order valence-electron chi connectivity index (χ2n) is 3.78. The number of halogens is 3. The molecule has 1 amide bonds. The van der Waals surface area contributed by atoms with Gasteiger partial charge in [-0.15, -0.1) is 0 Å². The molecule has 1 aliphatic heterocycles. The number of aliphatic hydroxyl groups is 1.